The van der Waals surface area contributed by atoms with Gasteiger partial charge in [-0.3, -0.25) is 14.3 Å². The van der Waals surface area contributed by atoms with Gasteiger partial charge in [-0.1, -0.05) is 31.7 Å². The summed E-state index contributed by atoms with van der Waals surface area (Å²) in [5.74, 6) is 0.0629. The molecule has 10 heteroatoms. The summed E-state index contributed by atoms with van der Waals surface area (Å²) in [6, 6.07) is 7.01. The van der Waals surface area contributed by atoms with Crippen LogP contribution in [-0.4, -0.2) is 57.4 Å². The molecular weight excluding hydrogens is 464 g/mol. The first-order chi connectivity index (χ1) is 17.4. The second-order valence-electron chi connectivity index (χ2n) is 9.81. The molecule has 1 N–H and O–H groups in total. The average molecular weight is 497 g/mol. The molecule has 0 unspecified atom stereocenters. The Morgan fingerprint density at radius 1 is 1.14 bits per heavy atom. The maximum atomic E-state index is 13.8. The summed E-state index contributed by atoms with van der Waals surface area (Å²) >= 11 is 0. The first kappa shape index (κ1) is 24.1. The molecule has 1 atom stereocenters. The summed E-state index contributed by atoms with van der Waals surface area (Å²) in [6.07, 6.45) is 6.36. The normalized spacial score (nSPS) is 21.6. The lowest BCUT2D eigenvalue weighted by Gasteiger charge is -2.44. The van der Waals surface area contributed by atoms with Crippen LogP contribution in [0.3, 0.4) is 0 Å². The van der Waals surface area contributed by atoms with Gasteiger partial charge in [0.05, 0.1) is 13.2 Å². The van der Waals surface area contributed by atoms with Gasteiger partial charge in [0.25, 0.3) is 5.91 Å². The number of carbonyl (C=O) groups excluding carboxylic acids is 3. The third kappa shape index (κ3) is 4.52. The maximum absolute atomic E-state index is 13.8. The number of rotatable bonds is 6. The van der Waals surface area contributed by atoms with Crippen LogP contribution in [0.15, 0.2) is 24.3 Å². The van der Waals surface area contributed by atoms with E-state index in [0.717, 1.165) is 31.2 Å². The summed E-state index contributed by atoms with van der Waals surface area (Å²) in [4.78, 5) is 41.5. The molecule has 1 aliphatic carbocycles. The van der Waals surface area contributed by atoms with Crippen molar-refractivity contribution in [2.45, 2.75) is 77.0 Å². The first-order valence-corrected chi connectivity index (χ1v) is 12.7. The lowest BCUT2D eigenvalue weighted by molar-refractivity contribution is -0.134. The number of nitrogens with one attached hydrogen (secondary N) is 1. The Kier molecular flexibility index (Phi) is 6.59. The smallest absolute Gasteiger partial charge is 0.358 e. The van der Waals surface area contributed by atoms with Crippen molar-refractivity contribution < 1.29 is 28.6 Å². The van der Waals surface area contributed by atoms with Crippen LogP contribution in [0.1, 0.15) is 78.9 Å². The van der Waals surface area contributed by atoms with Crippen LogP contribution in [-0.2, 0) is 22.6 Å². The van der Waals surface area contributed by atoms with E-state index in [1.54, 1.807) is 24.8 Å². The Morgan fingerprint density at radius 3 is 2.64 bits per heavy atom. The minimum Gasteiger partial charge on any atom is -0.461 e. The molecule has 2 aromatic rings. The Bertz CT molecular complexity index is 1170. The molecule has 2 aliphatic heterocycles. The summed E-state index contributed by atoms with van der Waals surface area (Å²) < 4.78 is 17.4. The SMILES string of the molecule is CCOC(=O)c1cc2n(n1)C[C@@](C)(C(=O)NC1CCCCCC1)N(Cc1ccc3c(c1)OCO3)C2=O. The lowest BCUT2D eigenvalue weighted by atomic mass is 9.93. The fourth-order valence-electron chi connectivity index (χ4n) is 5.18. The van der Waals surface area contributed by atoms with E-state index in [0.29, 0.717) is 11.5 Å². The number of ether oxygens (including phenoxy) is 3. The van der Waals surface area contributed by atoms with Gasteiger partial charge in [0, 0.05) is 18.7 Å². The number of amides is 2. The van der Waals surface area contributed by atoms with Gasteiger partial charge in [0.2, 0.25) is 12.7 Å². The monoisotopic (exact) mass is 496 g/mol. The Balaban J connectivity index is 1.47. The molecule has 3 aliphatic rings. The van der Waals surface area contributed by atoms with E-state index in [2.05, 4.69) is 10.4 Å². The summed E-state index contributed by atoms with van der Waals surface area (Å²) in [5, 5.41) is 7.54. The Morgan fingerprint density at radius 2 is 1.89 bits per heavy atom. The van der Waals surface area contributed by atoms with Crippen molar-refractivity contribution in [2.24, 2.45) is 0 Å². The van der Waals surface area contributed by atoms with Crippen molar-refractivity contribution in [1.82, 2.24) is 20.0 Å². The Hall–Kier alpha value is -3.56. The van der Waals surface area contributed by atoms with Gasteiger partial charge in [0.15, 0.2) is 17.2 Å². The minimum absolute atomic E-state index is 0.0525. The molecule has 0 saturated heterocycles. The molecule has 1 saturated carbocycles. The van der Waals surface area contributed by atoms with Crippen LogP contribution in [0.4, 0.5) is 0 Å². The molecule has 192 valence electrons. The van der Waals surface area contributed by atoms with Gasteiger partial charge < -0.3 is 24.4 Å². The molecule has 5 rings (SSSR count). The van der Waals surface area contributed by atoms with E-state index in [1.807, 2.05) is 12.1 Å². The number of benzene rings is 1. The maximum Gasteiger partial charge on any atom is 0.358 e. The standard InChI is InChI=1S/C26H32N4O6/c1-3-34-24(32)19-13-20-23(31)29(14-17-10-11-21-22(12-17)36-16-35-21)26(2,15-30(20)28-19)25(33)27-18-8-6-4-5-7-9-18/h10-13,18H,3-9,14-16H2,1-2H3,(H,27,33)/t26-/m0/s1. The number of hydrogen-bond donors (Lipinski definition) is 1. The van der Waals surface area contributed by atoms with Crippen molar-refractivity contribution in [3.05, 3.63) is 41.2 Å². The van der Waals surface area contributed by atoms with Crippen LogP contribution in [0.25, 0.3) is 0 Å². The van der Waals surface area contributed by atoms with Gasteiger partial charge in [-0.2, -0.15) is 5.10 Å². The number of carbonyl (C=O) groups is 3. The largest absolute Gasteiger partial charge is 0.461 e. The van der Waals surface area contributed by atoms with Crippen molar-refractivity contribution in [3.8, 4) is 11.5 Å². The van der Waals surface area contributed by atoms with E-state index in [-0.39, 0.29) is 55.7 Å². The van der Waals surface area contributed by atoms with Crippen LogP contribution in [0.2, 0.25) is 0 Å². The van der Waals surface area contributed by atoms with Gasteiger partial charge >= 0.3 is 5.97 Å². The molecule has 36 heavy (non-hydrogen) atoms. The second-order valence-corrected chi connectivity index (χ2v) is 9.81. The zero-order valence-electron chi connectivity index (χ0n) is 20.7. The zero-order chi connectivity index (χ0) is 25.3. The molecule has 1 aromatic heterocycles. The molecule has 10 nitrogen and oxygen atoms in total. The van der Waals surface area contributed by atoms with Crippen LogP contribution in [0.5, 0.6) is 11.5 Å². The van der Waals surface area contributed by atoms with E-state index >= 15 is 0 Å². The van der Waals surface area contributed by atoms with Crippen LogP contribution in [0, 0.1) is 0 Å². The quantitative estimate of drug-likeness (QED) is 0.483. The molecule has 1 fully saturated rings. The van der Waals surface area contributed by atoms with Gasteiger partial charge in [-0.25, -0.2) is 4.79 Å². The van der Waals surface area contributed by atoms with Gasteiger partial charge in [-0.15, -0.1) is 0 Å². The average Bonchev–Trinajstić information content (AvgIpc) is 3.42. The highest BCUT2D eigenvalue weighted by molar-refractivity contribution is 6.01. The van der Waals surface area contributed by atoms with Crippen molar-refractivity contribution >= 4 is 17.8 Å². The predicted octanol–water partition coefficient (Wildman–Crippen LogP) is 3.04. The van der Waals surface area contributed by atoms with E-state index in [9.17, 15) is 14.4 Å². The fraction of sp³-hybridized carbons (Fsp3) is 0.538. The first-order valence-electron chi connectivity index (χ1n) is 12.7. The summed E-state index contributed by atoms with van der Waals surface area (Å²) in [6.45, 7) is 4.13. The number of hydrogen-bond acceptors (Lipinski definition) is 7. The van der Waals surface area contributed by atoms with Gasteiger partial charge in [-0.05, 0) is 44.4 Å². The topological polar surface area (TPSA) is 112 Å². The molecule has 0 spiro atoms. The summed E-state index contributed by atoms with van der Waals surface area (Å²) in [7, 11) is 0. The number of fused-ring (bicyclic) bond motifs is 2. The molecule has 2 amide bonds. The van der Waals surface area contributed by atoms with Crippen LogP contribution < -0.4 is 14.8 Å². The molecule has 3 heterocycles. The van der Waals surface area contributed by atoms with E-state index < -0.39 is 11.5 Å². The highest BCUT2D eigenvalue weighted by Gasteiger charge is 2.48. The van der Waals surface area contributed by atoms with Crippen molar-refractivity contribution in [1.29, 1.82) is 0 Å². The third-order valence-corrected chi connectivity index (χ3v) is 7.24. The summed E-state index contributed by atoms with van der Waals surface area (Å²) in [5.41, 5.74) is -0.111. The van der Waals surface area contributed by atoms with Crippen molar-refractivity contribution in [2.75, 3.05) is 13.4 Å². The lowest BCUT2D eigenvalue weighted by Crippen LogP contribution is -2.64. The van der Waals surface area contributed by atoms with Crippen molar-refractivity contribution in [3.63, 3.8) is 0 Å². The predicted molar refractivity (Wildman–Crippen MR) is 129 cm³/mol. The highest BCUT2D eigenvalue weighted by Crippen LogP contribution is 2.35. The van der Waals surface area contributed by atoms with Crippen LogP contribution >= 0.6 is 0 Å². The number of nitrogens with zero attached hydrogens (tertiary/aromatic N) is 3. The third-order valence-electron chi connectivity index (χ3n) is 7.24. The number of aromatic nitrogens is 2. The number of esters is 1. The second kappa shape index (κ2) is 9.83. The fourth-order valence-corrected chi connectivity index (χ4v) is 5.18. The highest BCUT2D eigenvalue weighted by atomic mass is 16.7. The Labute approximate surface area is 209 Å². The van der Waals surface area contributed by atoms with E-state index in [1.165, 1.54) is 23.6 Å². The van der Waals surface area contributed by atoms with E-state index in [4.69, 9.17) is 14.2 Å². The zero-order valence-corrected chi connectivity index (χ0v) is 20.7. The molecule has 1 aromatic carbocycles. The molecule has 0 radical (unpaired) electrons. The minimum atomic E-state index is -1.22. The van der Waals surface area contributed by atoms with Gasteiger partial charge in [0.1, 0.15) is 11.2 Å². The molecular formula is C26H32N4O6. The molecule has 0 bridgehead atoms.